The maximum Gasteiger partial charge on any atom is 0.308 e. The van der Waals surface area contributed by atoms with Gasteiger partial charge in [0.1, 0.15) is 0 Å². The number of carboxylic acid groups (broad SMARTS) is 1. The van der Waals surface area contributed by atoms with Crippen molar-refractivity contribution in [3.8, 4) is 0 Å². The van der Waals surface area contributed by atoms with Crippen molar-refractivity contribution in [2.75, 3.05) is 0 Å². The molecule has 2 unspecified atom stereocenters. The lowest BCUT2D eigenvalue weighted by Gasteiger charge is -2.29. The van der Waals surface area contributed by atoms with Gasteiger partial charge in [-0.3, -0.25) is 9.59 Å². The molecule has 0 aromatic carbocycles. The summed E-state index contributed by atoms with van der Waals surface area (Å²) in [7, 11) is 0. The van der Waals surface area contributed by atoms with Gasteiger partial charge >= 0.3 is 5.97 Å². The van der Waals surface area contributed by atoms with Crippen molar-refractivity contribution in [3.63, 3.8) is 0 Å². The number of aliphatic carboxylic acids is 1. The highest BCUT2D eigenvalue weighted by molar-refractivity contribution is 7.09. The minimum Gasteiger partial charge on any atom is -0.481 e. The summed E-state index contributed by atoms with van der Waals surface area (Å²) >= 11 is 1.51. The number of nitrogens with one attached hydrogen (secondary N) is 1. The zero-order valence-corrected chi connectivity index (χ0v) is 11.7. The first-order valence-corrected chi connectivity index (χ1v) is 7.37. The molecule has 0 aliphatic heterocycles. The monoisotopic (exact) mass is 282 g/mol. The first kappa shape index (κ1) is 14.0. The molecule has 19 heavy (non-hydrogen) atoms. The number of hydrogen-bond acceptors (Lipinski definition) is 4. The standard InChI is InChI=1S/C13H18N2O3S/c1-8-14-9(7-19-8)6-12(16)15-11-5-3-2-4-10(11)13(17)18/h7,10-11H,2-6H2,1H3,(H,15,16)(H,17,18). The fourth-order valence-corrected chi connectivity index (χ4v) is 3.12. The van der Waals surface area contributed by atoms with Crippen LogP contribution in [-0.2, 0) is 16.0 Å². The number of carbonyl (C=O) groups is 2. The summed E-state index contributed by atoms with van der Waals surface area (Å²) in [6.07, 6.45) is 3.53. The molecule has 2 atom stereocenters. The second kappa shape index (κ2) is 6.14. The topological polar surface area (TPSA) is 79.3 Å². The van der Waals surface area contributed by atoms with Crippen molar-refractivity contribution in [2.24, 2.45) is 5.92 Å². The van der Waals surface area contributed by atoms with E-state index >= 15 is 0 Å². The third kappa shape index (κ3) is 3.76. The van der Waals surface area contributed by atoms with E-state index in [0.29, 0.717) is 6.42 Å². The first-order chi connectivity index (χ1) is 9.06. The van der Waals surface area contributed by atoms with E-state index in [4.69, 9.17) is 5.11 Å². The maximum absolute atomic E-state index is 11.9. The van der Waals surface area contributed by atoms with E-state index in [2.05, 4.69) is 10.3 Å². The molecule has 0 bridgehead atoms. The summed E-state index contributed by atoms with van der Waals surface area (Å²) < 4.78 is 0. The number of carbonyl (C=O) groups excluding carboxylic acids is 1. The Hall–Kier alpha value is -1.43. The predicted octanol–water partition coefficient (Wildman–Crippen LogP) is 1.75. The maximum atomic E-state index is 11.9. The Morgan fingerprint density at radius 1 is 1.47 bits per heavy atom. The molecular weight excluding hydrogens is 264 g/mol. The molecule has 6 heteroatoms. The van der Waals surface area contributed by atoms with Gasteiger partial charge < -0.3 is 10.4 Å². The van der Waals surface area contributed by atoms with Crippen LogP contribution in [0.2, 0.25) is 0 Å². The molecule has 0 radical (unpaired) electrons. The summed E-state index contributed by atoms with van der Waals surface area (Å²) in [5.41, 5.74) is 0.752. The number of aryl methyl sites for hydroxylation is 1. The van der Waals surface area contributed by atoms with E-state index in [0.717, 1.165) is 30.0 Å². The van der Waals surface area contributed by atoms with Crippen molar-refractivity contribution in [3.05, 3.63) is 16.1 Å². The van der Waals surface area contributed by atoms with E-state index < -0.39 is 11.9 Å². The van der Waals surface area contributed by atoms with Crippen LogP contribution in [0.4, 0.5) is 0 Å². The summed E-state index contributed by atoms with van der Waals surface area (Å²) in [6.45, 7) is 1.90. The fraction of sp³-hybridized carbons (Fsp3) is 0.615. The number of nitrogens with zero attached hydrogens (tertiary/aromatic N) is 1. The number of thiazole rings is 1. The number of hydrogen-bond donors (Lipinski definition) is 2. The molecule has 0 saturated heterocycles. The third-order valence-corrected chi connectivity index (χ3v) is 4.26. The Kier molecular flexibility index (Phi) is 4.52. The van der Waals surface area contributed by atoms with Crippen molar-refractivity contribution in [1.82, 2.24) is 10.3 Å². The van der Waals surface area contributed by atoms with Gasteiger partial charge in [0.2, 0.25) is 5.91 Å². The quantitative estimate of drug-likeness (QED) is 0.882. The molecule has 2 rings (SSSR count). The number of carboxylic acids is 1. The highest BCUT2D eigenvalue weighted by atomic mass is 32.1. The number of amides is 1. The lowest BCUT2D eigenvalue weighted by atomic mass is 9.84. The zero-order chi connectivity index (χ0) is 13.8. The van der Waals surface area contributed by atoms with Crippen LogP contribution in [0.1, 0.15) is 36.4 Å². The molecule has 1 aliphatic rings. The van der Waals surface area contributed by atoms with Crippen LogP contribution >= 0.6 is 11.3 Å². The van der Waals surface area contributed by atoms with Gasteiger partial charge in [-0.1, -0.05) is 12.8 Å². The van der Waals surface area contributed by atoms with Gasteiger partial charge in [0.25, 0.3) is 0 Å². The molecule has 1 heterocycles. The number of rotatable bonds is 4. The molecule has 0 spiro atoms. The Morgan fingerprint density at radius 2 is 2.21 bits per heavy atom. The Morgan fingerprint density at radius 3 is 2.84 bits per heavy atom. The first-order valence-electron chi connectivity index (χ1n) is 6.49. The molecule has 1 saturated carbocycles. The smallest absolute Gasteiger partial charge is 0.308 e. The van der Waals surface area contributed by atoms with E-state index in [1.165, 1.54) is 11.3 Å². The molecule has 2 N–H and O–H groups in total. The highest BCUT2D eigenvalue weighted by Crippen LogP contribution is 2.24. The van der Waals surface area contributed by atoms with Crippen LogP contribution < -0.4 is 5.32 Å². The summed E-state index contributed by atoms with van der Waals surface area (Å²) in [4.78, 5) is 27.3. The SMILES string of the molecule is Cc1nc(CC(=O)NC2CCCCC2C(=O)O)cs1. The molecule has 104 valence electrons. The van der Waals surface area contributed by atoms with Gasteiger partial charge in [0.05, 0.1) is 23.0 Å². The fourth-order valence-electron chi connectivity index (χ4n) is 2.51. The van der Waals surface area contributed by atoms with Gasteiger partial charge in [-0.2, -0.15) is 0 Å². The molecule has 1 aromatic heterocycles. The highest BCUT2D eigenvalue weighted by Gasteiger charge is 2.31. The van der Waals surface area contributed by atoms with Gasteiger partial charge in [-0.05, 0) is 19.8 Å². The summed E-state index contributed by atoms with van der Waals surface area (Å²) in [5.74, 6) is -1.40. The van der Waals surface area contributed by atoms with Crippen LogP contribution in [0.15, 0.2) is 5.38 Å². The van der Waals surface area contributed by atoms with Crippen LogP contribution in [0.5, 0.6) is 0 Å². The Balaban J connectivity index is 1.91. The normalized spacial score (nSPS) is 23.0. The summed E-state index contributed by atoms with van der Waals surface area (Å²) in [6, 6.07) is -0.238. The van der Waals surface area contributed by atoms with Crippen molar-refractivity contribution in [1.29, 1.82) is 0 Å². The minimum atomic E-state index is -0.811. The average Bonchev–Trinajstić information content (AvgIpc) is 2.75. The molecule has 1 fully saturated rings. The number of aromatic nitrogens is 1. The lowest BCUT2D eigenvalue weighted by molar-refractivity contribution is -0.144. The minimum absolute atomic E-state index is 0.136. The van der Waals surface area contributed by atoms with Crippen LogP contribution in [0.3, 0.4) is 0 Å². The molecule has 1 aliphatic carbocycles. The van der Waals surface area contributed by atoms with E-state index in [1.54, 1.807) is 0 Å². The average molecular weight is 282 g/mol. The molecule has 5 nitrogen and oxygen atoms in total. The van der Waals surface area contributed by atoms with Crippen molar-refractivity contribution >= 4 is 23.2 Å². The van der Waals surface area contributed by atoms with E-state index in [1.807, 2.05) is 12.3 Å². The Bertz CT molecular complexity index is 472. The lowest BCUT2D eigenvalue weighted by Crippen LogP contribution is -2.45. The second-order valence-corrected chi connectivity index (χ2v) is 6.00. The second-order valence-electron chi connectivity index (χ2n) is 4.94. The van der Waals surface area contributed by atoms with Crippen LogP contribution in [-0.4, -0.2) is 28.0 Å². The van der Waals surface area contributed by atoms with Crippen LogP contribution in [0.25, 0.3) is 0 Å². The molecular formula is C13H18N2O3S. The van der Waals surface area contributed by atoms with Gasteiger partial charge in [-0.15, -0.1) is 11.3 Å². The molecule has 1 amide bonds. The van der Waals surface area contributed by atoms with Crippen molar-refractivity contribution < 1.29 is 14.7 Å². The largest absolute Gasteiger partial charge is 0.481 e. The van der Waals surface area contributed by atoms with E-state index in [9.17, 15) is 9.59 Å². The predicted molar refractivity (Wildman–Crippen MR) is 72.1 cm³/mol. The van der Waals surface area contributed by atoms with Gasteiger partial charge in [-0.25, -0.2) is 4.98 Å². The van der Waals surface area contributed by atoms with E-state index in [-0.39, 0.29) is 18.4 Å². The summed E-state index contributed by atoms with van der Waals surface area (Å²) in [5, 5.41) is 14.8. The Labute approximate surface area is 116 Å². The third-order valence-electron chi connectivity index (χ3n) is 3.44. The van der Waals surface area contributed by atoms with Gasteiger partial charge in [0.15, 0.2) is 0 Å². The molecule has 1 aromatic rings. The van der Waals surface area contributed by atoms with Crippen molar-refractivity contribution in [2.45, 2.75) is 45.1 Å². The van der Waals surface area contributed by atoms with Crippen LogP contribution in [0, 0.1) is 12.8 Å². The van der Waals surface area contributed by atoms with Gasteiger partial charge in [0, 0.05) is 11.4 Å². The zero-order valence-electron chi connectivity index (χ0n) is 10.9.